The summed E-state index contributed by atoms with van der Waals surface area (Å²) in [5.74, 6) is 11.2. The van der Waals surface area contributed by atoms with Crippen LogP contribution in [0.15, 0.2) is 0 Å². The summed E-state index contributed by atoms with van der Waals surface area (Å²) in [6.45, 7) is 2.45. The van der Waals surface area contributed by atoms with Crippen molar-refractivity contribution < 1.29 is 0 Å². The van der Waals surface area contributed by atoms with Crippen molar-refractivity contribution in [1.82, 2.24) is 0 Å². The highest BCUT2D eigenvalue weighted by molar-refractivity contribution is 5.27. The molecule has 5 saturated carbocycles. The lowest BCUT2D eigenvalue weighted by Crippen LogP contribution is -2.43. The molecular weight excluding hydrogens is 156 g/mol. The van der Waals surface area contributed by atoms with Gasteiger partial charge in [0.1, 0.15) is 0 Å². The summed E-state index contributed by atoms with van der Waals surface area (Å²) in [7, 11) is 0. The summed E-state index contributed by atoms with van der Waals surface area (Å²) >= 11 is 0. The Kier molecular flexibility index (Phi) is 0.804. The predicted molar refractivity (Wildman–Crippen MR) is 50.9 cm³/mol. The van der Waals surface area contributed by atoms with Crippen LogP contribution >= 0.6 is 0 Å². The van der Waals surface area contributed by atoms with Crippen LogP contribution in [0.1, 0.15) is 26.2 Å². The first-order valence-electron chi connectivity index (χ1n) is 6.42. The van der Waals surface area contributed by atoms with Crippen LogP contribution in [0, 0.1) is 53.3 Å². The quantitative estimate of drug-likeness (QED) is 0.573. The first kappa shape index (κ1) is 6.48. The standard InChI is InChI=1S/C13H18/c1-2-5-10-6-3-9-11(5)13-8(10)4-7(6)12(9)13/h5-13H,2-4H2,1H3. The monoisotopic (exact) mass is 174 g/mol. The smallest absolute Gasteiger partial charge is 0.0315 e. The fourth-order valence-corrected chi connectivity index (χ4v) is 7.22. The normalized spacial score (nSPS) is 79.6. The average Bonchev–Trinajstić information content (AvgIpc) is 2.61. The number of hydrogen-bond acceptors (Lipinski definition) is 0. The van der Waals surface area contributed by atoms with Gasteiger partial charge in [0.05, 0.1) is 0 Å². The van der Waals surface area contributed by atoms with Crippen molar-refractivity contribution in [3.05, 3.63) is 0 Å². The van der Waals surface area contributed by atoms with Crippen LogP contribution in [0.5, 0.6) is 0 Å². The summed E-state index contributed by atoms with van der Waals surface area (Å²) in [5.41, 5.74) is 0. The first-order valence-corrected chi connectivity index (χ1v) is 6.42. The maximum absolute atomic E-state index is 2.45. The molecule has 0 aliphatic heterocycles. The highest BCUT2D eigenvalue weighted by atomic mass is 14.8. The van der Waals surface area contributed by atoms with Crippen LogP contribution in [0.3, 0.4) is 0 Å². The third kappa shape index (κ3) is 0.412. The molecule has 0 heterocycles. The van der Waals surface area contributed by atoms with Crippen molar-refractivity contribution in [2.75, 3.05) is 0 Å². The fraction of sp³-hybridized carbons (Fsp3) is 1.00. The summed E-state index contributed by atoms with van der Waals surface area (Å²) < 4.78 is 0. The zero-order valence-electron chi connectivity index (χ0n) is 8.32. The van der Waals surface area contributed by atoms with Crippen LogP contribution in [0.2, 0.25) is 0 Å². The predicted octanol–water partition coefficient (Wildman–Crippen LogP) is 2.79. The van der Waals surface area contributed by atoms with E-state index < -0.39 is 0 Å². The zero-order valence-corrected chi connectivity index (χ0v) is 8.32. The molecule has 0 aromatic heterocycles. The minimum absolute atomic E-state index is 1.20. The zero-order chi connectivity index (χ0) is 8.32. The summed E-state index contributed by atoms with van der Waals surface area (Å²) in [6, 6.07) is 0. The molecule has 0 amide bonds. The Morgan fingerprint density at radius 3 is 2.23 bits per heavy atom. The van der Waals surface area contributed by atoms with Gasteiger partial charge < -0.3 is 0 Å². The van der Waals surface area contributed by atoms with E-state index in [-0.39, 0.29) is 0 Å². The molecule has 0 radical (unpaired) electrons. The van der Waals surface area contributed by atoms with Gasteiger partial charge in [-0.05, 0) is 66.1 Å². The maximum Gasteiger partial charge on any atom is -0.0315 e. The van der Waals surface area contributed by atoms with E-state index in [1.807, 2.05) is 0 Å². The van der Waals surface area contributed by atoms with Gasteiger partial charge in [0.2, 0.25) is 0 Å². The van der Waals surface area contributed by atoms with Crippen LogP contribution in [-0.4, -0.2) is 0 Å². The van der Waals surface area contributed by atoms with Gasteiger partial charge in [-0.1, -0.05) is 13.3 Å². The Balaban J connectivity index is 1.76. The second kappa shape index (κ2) is 1.61. The van der Waals surface area contributed by atoms with Crippen LogP contribution < -0.4 is 0 Å². The topological polar surface area (TPSA) is 0 Å². The third-order valence-electron chi connectivity index (χ3n) is 6.95. The molecule has 0 aromatic carbocycles. The Morgan fingerprint density at radius 1 is 0.769 bits per heavy atom. The van der Waals surface area contributed by atoms with Gasteiger partial charge in [-0.3, -0.25) is 0 Å². The molecule has 5 rings (SSSR count). The molecular formula is C13H18. The molecule has 5 fully saturated rings. The third-order valence-corrected chi connectivity index (χ3v) is 6.95. The summed E-state index contributed by atoms with van der Waals surface area (Å²) in [6.07, 6.45) is 4.86. The second-order valence-corrected chi connectivity index (χ2v) is 6.51. The van der Waals surface area contributed by atoms with E-state index in [0.29, 0.717) is 0 Å². The maximum atomic E-state index is 2.45. The van der Waals surface area contributed by atoms with E-state index in [2.05, 4.69) is 6.92 Å². The molecule has 0 saturated heterocycles. The molecule has 0 aromatic rings. The van der Waals surface area contributed by atoms with Gasteiger partial charge in [0, 0.05) is 0 Å². The molecule has 0 heteroatoms. The van der Waals surface area contributed by atoms with E-state index in [0.717, 1.165) is 0 Å². The Hall–Kier alpha value is 0. The number of hydrogen-bond donors (Lipinski definition) is 0. The van der Waals surface area contributed by atoms with Gasteiger partial charge >= 0.3 is 0 Å². The van der Waals surface area contributed by atoms with E-state index >= 15 is 0 Å². The molecule has 9 unspecified atom stereocenters. The lowest BCUT2D eigenvalue weighted by Gasteiger charge is -2.47. The highest BCUT2D eigenvalue weighted by Gasteiger charge is 2.79. The van der Waals surface area contributed by atoms with Crippen LogP contribution in [0.25, 0.3) is 0 Å². The Labute approximate surface area is 80.1 Å². The molecule has 0 N–H and O–H groups in total. The molecule has 5 aliphatic carbocycles. The molecule has 0 spiro atoms. The number of fused-ring (bicyclic) bond motifs is 2. The van der Waals surface area contributed by atoms with Crippen molar-refractivity contribution in [1.29, 1.82) is 0 Å². The Morgan fingerprint density at radius 2 is 1.46 bits per heavy atom. The molecule has 70 valence electrons. The number of rotatable bonds is 1. The Bertz CT molecular complexity index is 288. The highest BCUT2D eigenvalue weighted by Crippen LogP contribution is 2.84. The van der Waals surface area contributed by atoms with E-state index in [4.69, 9.17) is 0 Å². The van der Waals surface area contributed by atoms with Gasteiger partial charge in [-0.25, -0.2) is 0 Å². The molecule has 0 nitrogen and oxygen atoms in total. The molecule has 5 aliphatic rings. The van der Waals surface area contributed by atoms with Crippen molar-refractivity contribution in [3.63, 3.8) is 0 Å². The second-order valence-electron chi connectivity index (χ2n) is 6.51. The molecule has 9 atom stereocenters. The van der Waals surface area contributed by atoms with Crippen molar-refractivity contribution in [2.45, 2.75) is 26.2 Å². The molecule has 13 heavy (non-hydrogen) atoms. The van der Waals surface area contributed by atoms with Gasteiger partial charge in [-0.2, -0.15) is 0 Å². The van der Waals surface area contributed by atoms with E-state index in [1.54, 1.807) is 12.8 Å². The first-order chi connectivity index (χ1) is 6.42. The van der Waals surface area contributed by atoms with Crippen molar-refractivity contribution in [2.24, 2.45) is 53.3 Å². The van der Waals surface area contributed by atoms with E-state index in [1.165, 1.54) is 59.7 Å². The van der Waals surface area contributed by atoms with E-state index in [9.17, 15) is 0 Å². The van der Waals surface area contributed by atoms with Crippen LogP contribution in [-0.2, 0) is 0 Å². The largest absolute Gasteiger partial charge is 0.0651 e. The van der Waals surface area contributed by atoms with Gasteiger partial charge in [-0.15, -0.1) is 0 Å². The molecule has 2 bridgehead atoms. The summed E-state index contributed by atoms with van der Waals surface area (Å²) in [4.78, 5) is 0. The SMILES string of the molecule is CCC1C2C3CC4C5C3CC2C5C14. The van der Waals surface area contributed by atoms with Gasteiger partial charge in [0.15, 0.2) is 0 Å². The summed E-state index contributed by atoms with van der Waals surface area (Å²) in [5, 5.41) is 0. The average molecular weight is 174 g/mol. The minimum atomic E-state index is 1.20. The van der Waals surface area contributed by atoms with Crippen molar-refractivity contribution >= 4 is 0 Å². The minimum Gasteiger partial charge on any atom is -0.0651 e. The van der Waals surface area contributed by atoms with Crippen LogP contribution in [0.4, 0.5) is 0 Å². The lowest BCUT2D eigenvalue weighted by atomic mass is 9.57. The van der Waals surface area contributed by atoms with Gasteiger partial charge in [0.25, 0.3) is 0 Å². The fourth-order valence-electron chi connectivity index (χ4n) is 7.22. The van der Waals surface area contributed by atoms with Crippen molar-refractivity contribution in [3.8, 4) is 0 Å². The lowest BCUT2D eigenvalue weighted by molar-refractivity contribution is -0.00349.